The maximum atomic E-state index is 12.0. The van der Waals surface area contributed by atoms with Crippen LogP contribution in [-0.4, -0.2) is 28.0 Å². The summed E-state index contributed by atoms with van der Waals surface area (Å²) in [4.78, 5) is 16.4. The molecule has 1 aliphatic heterocycles. The van der Waals surface area contributed by atoms with Crippen LogP contribution in [0, 0.1) is 0 Å². The van der Waals surface area contributed by atoms with Gasteiger partial charge in [0.2, 0.25) is 5.91 Å². The summed E-state index contributed by atoms with van der Waals surface area (Å²) in [7, 11) is 0. The van der Waals surface area contributed by atoms with Crippen LogP contribution in [0.5, 0.6) is 0 Å². The average molecular weight is 334 g/mol. The Morgan fingerprint density at radius 1 is 1.20 bits per heavy atom. The molecule has 4 rings (SSSR count). The number of para-hydroxylation sites is 2. The zero-order valence-corrected chi connectivity index (χ0v) is 14.1. The topological polar surface area (TPSA) is 59.0 Å². The molecule has 0 bridgehead atoms. The number of hydrogen-bond donors (Lipinski definition) is 2. The van der Waals surface area contributed by atoms with E-state index >= 15 is 0 Å². The van der Waals surface area contributed by atoms with Gasteiger partial charge in [0.25, 0.3) is 0 Å². The Hall–Kier alpha value is -2.66. The largest absolute Gasteiger partial charge is 0.352 e. The molecule has 1 amide bonds. The number of imidazole rings is 1. The summed E-state index contributed by atoms with van der Waals surface area (Å²) in [6.45, 7) is 1.60. The van der Waals surface area contributed by atoms with Gasteiger partial charge in [0, 0.05) is 24.7 Å². The van der Waals surface area contributed by atoms with Crippen molar-refractivity contribution < 1.29 is 4.79 Å². The van der Waals surface area contributed by atoms with Crippen molar-refractivity contribution >= 4 is 16.9 Å². The van der Waals surface area contributed by atoms with Gasteiger partial charge in [-0.25, -0.2) is 4.98 Å². The molecular formula is C20H22N4O. The Bertz CT molecular complexity index is 863. The lowest BCUT2D eigenvalue weighted by Gasteiger charge is -2.11. The highest BCUT2D eigenvalue weighted by molar-refractivity contribution is 5.77. The SMILES string of the molecule is O=C(CC1CCCN1)NCc1ccc(-n2cnc3ccccc32)cc1. The van der Waals surface area contributed by atoms with Crippen LogP contribution in [-0.2, 0) is 11.3 Å². The lowest BCUT2D eigenvalue weighted by Crippen LogP contribution is -2.31. The van der Waals surface area contributed by atoms with Gasteiger partial charge >= 0.3 is 0 Å². The zero-order chi connectivity index (χ0) is 17.1. The third-order valence-corrected chi connectivity index (χ3v) is 4.75. The van der Waals surface area contributed by atoms with Crippen LogP contribution in [0.3, 0.4) is 0 Å². The van der Waals surface area contributed by atoms with E-state index in [1.54, 1.807) is 0 Å². The second-order valence-electron chi connectivity index (χ2n) is 6.54. The maximum absolute atomic E-state index is 12.0. The predicted octanol–water partition coefficient (Wildman–Crippen LogP) is 2.78. The summed E-state index contributed by atoms with van der Waals surface area (Å²) in [5, 5.41) is 6.37. The van der Waals surface area contributed by atoms with E-state index in [0.717, 1.165) is 35.2 Å². The van der Waals surface area contributed by atoms with Crippen LogP contribution < -0.4 is 10.6 Å². The molecule has 0 aliphatic carbocycles. The molecule has 25 heavy (non-hydrogen) atoms. The molecule has 0 saturated carbocycles. The smallest absolute Gasteiger partial charge is 0.221 e. The van der Waals surface area contributed by atoms with Crippen LogP contribution in [0.25, 0.3) is 16.7 Å². The molecule has 0 spiro atoms. The number of hydrogen-bond acceptors (Lipinski definition) is 3. The Kier molecular flexibility index (Phi) is 4.48. The van der Waals surface area contributed by atoms with E-state index in [1.165, 1.54) is 6.42 Å². The molecule has 5 nitrogen and oxygen atoms in total. The fourth-order valence-corrected chi connectivity index (χ4v) is 3.37. The third kappa shape index (κ3) is 3.56. The van der Waals surface area contributed by atoms with Crippen LogP contribution in [0.15, 0.2) is 54.9 Å². The van der Waals surface area contributed by atoms with Crippen molar-refractivity contribution in [1.82, 2.24) is 20.2 Å². The van der Waals surface area contributed by atoms with Crippen molar-refractivity contribution in [3.63, 3.8) is 0 Å². The first-order valence-electron chi connectivity index (χ1n) is 8.81. The zero-order valence-electron chi connectivity index (χ0n) is 14.1. The van der Waals surface area contributed by atoms with Gasteiger partial charge in [0.1, 0.15) is 6.33 Å². The minimum Gasteiger partial charge on any atom is -0.352 e. The Morgan fingerprint density at radius 2 is 2.04 bits per heavy atom. The van der Waals surface area contributed by atoms with E-state index in [2.05, 4.69) is 50.5 Å². The van der Waals surface area contributed by atoms with Crippen LogP contribution >= 0.6 is 0 Å². The third-order valence-electron chi connectivity index (χ3n) is 4.75. The quantitative estimate of drug-likeness (QED) is 0.754. The molecule has 1 aromatic heterocycles. The van der Waals surface area contributed by atoms with Gasteiger partial charge in [0.15, 0.2) is 0 Å². The minimum atomic E-state index is 0.115. The molecule has 1 fully saturated rings. The summed E-state index contributed by atoms with van der Waals surface area (Å²) in [5.41, 5.74) is 4.24. The highest BCUT2D eigenvalue weighted by Gasteiger charge is 2.17. The van der Waals surface area contributed by atoms with E-state index in [9.17, 15) is 4.79 Å². The van der Waals surface area contributed by atoms with E-state index in [0.29, 0.717) is 19.0 Å². The summed E-state index contributed by atoms with van der Waals surface area (Å²) in [5.74, 6) is 0.115. The normalized spacial score (nSPS) is 17.0. The highest BCUT2D eigenvalue weighted by Crippen LogP contribution is 2.18. The average Bonchev–Trinajstić information content (AvgIpc) is 3.30. The number of fused-ring (bicyclic) bond motifs is 1. The summed E-state index contributed by atoms with van der Waals surface area (Å²) < 4.78 is 2.07. The predicted molar refractivity (Wildman–Crippen MR) is 98.6 cm³/mol. The molecule has 1 saturated heterocycles. The summed E-state index contributed by atoms with van der Waals surface area (Å²) >= 11 is 0. The Morgan fingerprint density at radius 3 is 2.84 bits per heavy atom. The molecule has 2 N–H and O–H groups in total. The second-order valence-corrected chi connectivity index (χ2v) is 6.54. The summed E-state index contributed by atoms with van der Waals surface area (Å²) in [6.07, 6.45) is 4.68. The van der Waals surface area contributed by atoms with Crippen molar-refractivity contribution in [1.29, 1.82) is 0 Å². The Labute approximate surface area is 147 Å². The van der Waals surface area contributed by atoms with E-state index in [-0.39, 0.29) is 5.91 Å². The first-order valence-corrected chi connectivity index (χ1v) is 8.81. The van der Waals surface area contributed by atoms with Gasteiger partial charge in [-0.1, -0.05) is 24.3 Å². The van der Waals surface area contributed by atoms with Gasteiger partial charge in [-0.05, 0) is 49.2 Å². The molecule has 2 aromatic carbocycles. The van der Waals surface area contributed by atoms with Gasteiger partial charge in [-0.15, -0.1) is 0 Å². The van der Waals surface area contributed by atoms with Crippen LogP contribution in [0.2, 0.25) is 0 Å². The van der Waals surface area contributed by atoms with Gasteiger partial charge in [-0.3, -0.25) is 9.36 Å². The number of aromatic nitrogens is 2. The number of carbonyl (C=O) groups is 1. The molecule has 128 valence electrons. The number of nitrogens with zero attached hydrogens (tertiary/aromatic N) is 2. The van der Waals surface area contributed by atoms with Crippen molar-refractivity contribution in [2.24, 2.45) is 0 Å². The maximum Gasteiger partial charge on any atom is 0.221 e. The molecule has 1 unspecified atom stereocenters. The first-order chi connectivity index (χ1) is 12.3. The molecule has 5 heteroatoms. The Balaban J connectivity index is 1.39. The minimum absolute atomic E-state index is 0.115. The van der Waals surface area contributed by atoms with Crippen molar-refractivity contribution in [3.05, 3.63) is 60.4 Å². The van der Waals surface area contributed by atoms with Gasteiger partial charge < -0.3 is 10.6 Å². The van der Waals surface area contributed by atoms with Crippen molar-refractivity contribution in [2.45, 2.75) is 31.8 Å². The first kappa shape index (κ1) is 15.8. The number of benzene rings is 2. The van der Waals surface area contributed by atoms with Crippen molar-refractivity contribution in [3.8, 4) is 5.69 Å². The van der Waals surface area contributed by atoms with E-state index < -0.39 is 0 Å². The fourth-order valence-electron chi connectivity index (χ4n) is 3.37. The van der Waals surface area contributed by atoms with E-state index in [4.69, 9.17) is 0 Å². The summed E-state index contributed by atoms with van der Waals surface area (Å²) in [6, 6.07) is 16.7. The molecule has 1 atom stereocenters. The molecule has 2 heterocycles. The standard InChI is InChI=1S/C20H22N4O/c25-20(12-16-4-3-11-21-16)22-13-15-7-9-17(10-8-15)24-14-23-18-5-1-2-6-19(18)24/h1-2,5-10,14,16,21H,3-4,11-13H2,(H,22,25). The lowest BCUT2D eigenvalue weighted by molar-refractivity contribution is -0.121. The molecule has 1 aliphatic rings. The molecule has 3 aromatic rings. The lowest BCUT2D eigenvalue weighted by atomic mass is 10.1. The highest BCUT2D eigenvalue weighted by atomic mass is 16.1. The number of amides is 1. The number of nitrogens with one attached hydrogen (secondary N) is 2. The number of carbonyl (C=O) groups excluding carboxylic acids is 1. The van der Waals surface area contributed by atoms with Gasteiger partial charge in [0.05, 0.1) is 11.0 Å². The van der Waals surface area contributed by atoms with Crippen molar-refractivity contribution in [2.75, 3.05) is 6.54 Å². The van der Waals surface area contributed by atoms with Gasteiger partial charge in [-0.2, -0.15) is 0 Å². The molecular weight excluding hydrogens is 312 g/mol. The monoisotopic (exact) mass is 334 g/mol. The molecule has 0 radical (unpaired) electrons. The number of rotatable bonds is 5. The van der Waals surface area contributed by atoms with Crippen LogP contribution in [0.1, 0.15) is 24.8 Å². The van der Waals surface area contributed by atoms with Crippen LogP contribution in [0.4, 0.5) is 0 Å². The fraction of sp³-hybridized carbons (Fsp3) is 0.300. The second kappa shape index (κ2) is 7.07. The van der Waals surface area contributed by atoms with E-state index in [1.807, 2.05) is 24.5 Å².